The summed E-state index contributed by atoms with van der Waals surface area (Å²) in [7, 11) is 1.66. The van der Waals surface area contributed by atoms with Crippen molar-refractivity contribution in [3.05, 3.63) is 52.1 Å². The van der Waals surface area contributed by atoms with Crippen molar-refractivity contribution in [2.75, 3.05) is 11.9 Å². The molecular weight excluding hydrogens is 373 g/mol. The average molecular weight is 401 g/mol. The molecule has 0 fully saturated rings. The van der Waals surface area contributed by atoms with Crippen LogP contribution < -0.4 is 5.32 Å². The Labute approximate surface area is 170 Å². The first-order chi connectivity index (χ1) is 13.5. The number of amides is 2. The fourth-order valence-corrected chi connectivity index (χ4v) is 3.52. The number of aromatic nitrogens is 1. The highest BCUT2D eigenvalue weighted by Gasteiger charge is 2.31. The summed E-state index contributed by atoms with van der Waals surface area (Å²) in [5.74, 6) is -2.00. The Morgan fingerprint density at radius 2 is 1.79 bits per heavy atom. The van der Waals surface area contributed by atoms with Crippen LogP contribution in [0.4, 0.5) is 10.1 Å². The minimum Gasteiger partial charge on any atom is -0.344 e. The van der Waals surface area contributed by atoms with Gasteiger partial charge in [-0.25, -0.2) is 4.39 Å². The van der Waals surface area contributed by atoms with Gasteiger partial charge in [0.2, 0.25) is 0 Å². The van der Waals surface area contributed by atoms with E-state index in [1.54, 1.807) is 32.4 Å². The molecule has 0 atom stereocenters. The zero-order valence-corrected chi connectivity index (χ0v) is 18.0. The van der Waals surface area contributed by atoms with E-state index in [0.29, 0.717) is 34.6 Å². The summed E-state index contributed by atoms with van der Waals surface area (Å²) in [4.78, 5) is 40.0. The molecule has 1 aromatic carbocycles. The number of carbonyl (C=O) groups excluding carboxylic acids is 3. The Kier molecular flexibility index (Phi) is 6.62. The van der Waals surface area contributed by atoms with Crippen molar-refractivity contribution < 1.29 is 18.8 Å². The maximum atomic E-state index is 13.5. The monoisotopic (exact) mass is 401 g/mol. The molecule has 1 N–H and O–H groups in total. The van der Waals surface area contributed by atoms with Crippen molar-refractivity contribution in [1.82, 2.24) is 9.47 Å². The summed E-state index contributed by atoms with van der Waals surface area (Å²) in [5, 5.41) is 2.74. The number of nitrogens with zero attached hydrogens (tertiary/aromatic N) is 2. The zero-order chi connectivity index (χ0) is 22.0. The lowest BCUT2D eigenvalue weighted by molar-refractivity contribution is -0.127. The Balaban J connectivity index is 2.41. The van der Waals surface area contributed by atoms with Crippen LogP contribution in [0.15, 0.2) is 18.2 Å². The summed E-state index contributed by atoms with van der Waals surface area (Å²) in [6.45, 7) is 10.9. The largest absolute Gasteiger partial charge is 0.344 e. The van der Waals surface area contributed by atoms with Crippen LogP contribution in [0.2, 0.25) is 0 Å². The van der Waals surface area contributed by atoms with Crippen molar-refractivity contribution in [3.8, 4) is 0 Å². The van der Waals surface area contributed by atoms with Gasteiger partial charge in [-0.3, -0.25) is 14.4 Å². The maximum absolute atomic E-state index is 13.5. The summed E-state index contributed by atoms with van der Waals surface area (Å²) in [6.07, 6.45) is 0. The van der Waals surface area contributed by atoms with Gasteiger partial charge in [0.1, 0.15) is 5.82 Å². The Morgan fingerprint density at radius 1 is 1.17 bits per heavy atom. The third-order valence-corrected chi connectivity index (χ3v) is 5.21. The molecular formula is C22H28FN3O3. The molecule has 0 saturated heterocycles. The van der Waals surface area contributed by atoms with E-state index in [4.69, 9.17) is 0 Å². The van der Waals surface area contributed by atoms with Crippen molar-refractivity contribution in [2.24, 2.45) is 7.05 Å². The van der Waals surface area contributed by atoms with Crippen LogP contribution in [0.1, 0.15) is 58.4 Å². The molecule has 0 aliphatic carbocycles. The van der Waals surface area contributed by atoms with Gasteiger partial charge in [0.15, 0.2) is 0 Å². The molecule has 0 aliphatic rings. The number of nitrogens with one attached hydrogen (secondary N) is 1. The van der Waals surface area contributed by atoms with Crippen molar-refractivity contribution >= 4 is 23.3 Å². The van der Waals surface area contributed by atoms with E-state index in [-0.39, 0.29) is 17.6 Å². The number of hydrogen-bond acceptors (Lipinski definition) is 3. The maximum Gasteiger partial charge on any atom is 0.296 e. The van der Waals surface area contributed by atoms with E-state index < -0.39 is 17.6 Å². The zero-order valence-electron chi connectivity index (χ0n) is 18.0. The SMILES string of the molecule is CCN(C(=O)C(=O)c1c(C)c(C(=O)Nc2ccc(F)c(C)c2)c(C)n1C)C(C)C. The molecule has 1 aromatic heterocycles. The Bertz CT molecular complexity index is 976. The molecule has 7 heteroatoms. The van der Waals surface area contributed by atoms with Crippen LogP contribution in [0, 0.1) is 26.6 Å². The molecule has 0 bridgehead atoms. The third-order valence-electron chi connectivity index (χ3n) is 5.21. The molecule has 0 saturated carbocycles. The van der Waals surface area contributed by atoms with Crippen molar-refractivity contribution in [2.45, 2.75) is 47.6 Å². The van der Waals surface area contributed by atoms with E-state index in [1.165, 1.54) is 23.1 Å². The van der Waals surface area contributed by atoms with Gasteiger partial charge in [0.25, 0.3) is 17.6 Å². The second-order valence-corrected chi connectivity index (χ2v) is 7.43. The number of halogens is 1. The number of hydrogen-bond donors (Lipinski definition) is 1. The Hall–Kier alpha value is -2.96. The Morgan fingerprint density at radius 3 is 2.31 bits per heavy atom. The fourth-order valence-electron chi connectivity index (χ4n) is 3.52. The summed E-state index contributed by atoms with van der Waals surface area (Å²) >= 11 is 0. The molecule has 1 heterocycles. The highest BCUT2D eigenvalue weighted by Crippen LogP contribution is 2.24. The highest BCUT2D eigenvalue weighted by atomic mass is 19.1. The van der Waals surface area contributed by atoms with E-state index in [1.807, 2.05) is 20.8 Å². The molecule has 6 nitrogen and oxygen atoms in total. The van der Waals surface area contributed by atoms with E-state index in [0.717, 1.165) is 0 Å². The van der Waals surface area contributed by atoms with Gasteiger partial charge in [-0.05, 0) is 70.9 Å². The van der Waals surface area contributed by atoms with Gasteiger partial charge in [-0.2, -0.15) is 0 Å². The quantitative estimate of drug-likeness (QED) is 0.591. The molecule has 2 aromatic rings. The lowest BCUT2D eigenvalue weighted by Gasteiger charge is -2.24. The van der Waals surface area contributed by atoms with Crippen LogP contribution in [0.25, 0.3) is 0 Å². The number of Topliss-reactive ketones (excluding diaryl/α,β-unsaturated/α-hetero) is 1. The number of ketones is 1. The van der Waals surface area contributed by atoms with Gasteiger partial charge < -0.3 is 14.8 Å². The molecule has 0 aliphatic heterocycles. The van der Waals surface area contributed by atoms with E-state index in [9.17, 15) is 18.8 Å². The second kappa shape index (κ2) is 8.59. The summed E-state index contributed by atoms with van der Waals surface area (Å²) in [5.41, 5.74) is 2.42. The van der Waals surface area contributed by atoms with E-state index in [2.05, 4.69) is 5.32 Å². The predicted molar refractivity (Wildman–Crippen MR) is 111 cm³/mol. The van der Waals surface area contributed by atoms with Crippen LogP contribution in [0.3, 0.4) is 0 Å². The number of likely N-dealkylation sites (N-methyl/N-ethyl adjacent to an activating group) is 1. The number of rotatable bonds is 6. The number of carbonyl (C=O) groups is 3. The van der Waals surface area contributed by atoms with Gasteiger partial charge >= 0.3 is 0 Å². The van der Waals surface area contributed by atoms with Gasteiger partial charge in [0.05, 0.1) is 11.3 Å². The summed E-state index contributed by atoms with van der Waals surface area (Å²) in [6, 6.07) is 4.19. The molecule has 156 valence electrons. The van der Waals surface area contributed by atoms with Gasteiger partial charge in [-0.15, -0.1) is 0 Å². The first-order valence-corrected chi connectivity index (χ1v) is 9.59. The number of aryl methyl sites for hydroxylation is 1. The number of anilines is 1. The van der Waals surface area contributed by atoms with Crippen LogP contribution in [-0.2, 0) is 11.8 Å². The minimum atomic E-state index is -0.639. The second-order valence-electron chi connectivity index (χ2n) is 7.43. The molecule has 2 amide bonds. The molecule has 2 rings (SSSR count). The average Bonchev–Trinajstić information content (AvgIpc) is 2.86. The molecule has 0 radical (unpaired) electrons. The van der Waals surface area contributed by atoms with Gasteiger partial charge in [-0.1, -0.05) is 0 Å². The van der Waals surface area contributed by atoms with Crippen molar-refractivity contribution in [1.29, 1.82) is 0 Å². The molecule has 0 unspecified atom stereocenters. The normalized spacial score (nSPS) is 10.9. The standard InChI is InChI=1S/C22H28FN3O3/c1-8-26(12(2)3)22(29)20(27)19-14(5)18(15(6)25(19)7)21(28)24-16-9-10-17(23)13(4)11-16/h9-12H,8H2,1-7H3,(H,24,28). The van der Waals surface area contributed by atoms with Crippen molar-refractivity contribution in [3.63, 3.8) is 0 Å². The van der Waals surface area contributed by atoms with Gasteiger partial charge in [0, 0.05) is 31.0 Å². The molecule has 29 heavy (non-hydrogen) atoms. The predicted octanol–water partition coefficient (Wildman–Crippen LogP) is 3.78. The molecule has 0 spiro atoms. The van der Waals surface area contributed by atoms with Crippen LogP contribution >= 0.6 is 0 Å². The van der Waals surface area contributed by atoms with Crippen LogP contribution in [0.5, 0.6) is 0 Å². The minimum absolute atomic E-state index is 0.109. The number of benzene rings is 1. The first-order valence-electron chi connectivity index (χ1n) is 9.59. The fraction of sp³-hybridized carbons (Fsp3) is 0.409. The van der Waals surface area contributed by atoms with Crippen LogP contribution in [-0.4, -0.2) is 39.7 Å². The third kappa shape index (κ3) is 4.23. The van der Waals surface area contributed by atoms with E-state index >= 15 is 0 Å². The lowest BCUT2D eigenvalue weighted by atomic mass is 10.1. The highest BCUT2D eigenvalue weighted by molar-refractivity contribution is 6.43. The lowest BCUT2D eigenvalue weighted by Crippen LogP contribution is -2.41. The first kappa shape index (κ1) is 22.3. The topological polar surface area (TPSA) is 71.4 Å². The smallest absolute Gasteiger partial charge is 0.296 e. The summed E-state index contributed by atoms with van der Waals surface area (Å²) < 4.78 is 15.0.